The predicted octanol–water partition coefficient (Wildman–Crippen LogP) is 1.51. The van der Waals surface area contributed by atoms with E-state index in [9.17, 15) is 0 Å². The standard InChI is InChI=1S/C9H19NO/c1-3-5-6-11-9-7-10(4-2)8-9/h9H,3-8H2,1-2H3. The number of hydrogen-bond donors (Lipinski definition) is 0. The van der Waals surface area contributed by atoms with Gasteiger partial charge in [0, 0.05) is 19.7 Å². The van der Waals surface area contributed by atoms with Crippen LogP contribution in [0.15, 0.2) is 0 Å². The van der Waals surface area contributed by atoms with Gasteiger partial charge in [-0.3, -0.25) is 4.90 Å². The Morgan fingerprint density at radius 1 is 1.36 bits per heavy atom. The van der Waals surface area contributed by atoms with Gasteiger partial charge in [0.05, 0.1) is 6.10 Å². The van der Waals surface area contributed by atoms with Gasteiger partial charge in [0.1, 0.15) is 0 Å². The third-order valence-corrected chi connectivity index (χ3v) is 2.22. The molecule has 0 aliphatic carbocycles. The Bertz CT molecular complexity index is 99.7. The van der Waals surface area contributed by atoms with Crippen LogP contribution in [0, 0.1) is 0 Å². The van der Waals surface area contributed by atoms with Gasteiger partial charge in [-0.2, -0.15) is 0 Å². The van der Waals surface area contributed by atoms with E-state index in [1.165, 1.54) is 19.4 Å². The second-order valence-corrected chi connectivity index (χ2v) is 3.20. The Morgan fingerprint density at radius 3 is 2.64 bits per heavy atom. The highest BCUT2D eigenvalue weighted by Gasteiger charge is 2.24. The molecular formula is C9H19NO. The molecule has 1 aliphatic rings. The van der Waals surface area contributed by atoms with Crippen molar-refractivity contribution in [3.8, 4) is 0 Å². The highest BCUT2D eigenvalue weighted by molar-refractivity contribution is 4.79. The summed E-state index contributed by atoms with van der Waals surface area (Å²) >= 11 is 0. The van der Waals surface area contributed by atoms with Crippen LogP contribution in [-0.2, 0) is 4.74 Å². The summed E-state index contributed by atoms with van der Waals surface area (Å²) < 4.78 is 5.61. The number of unbranched alkanes of at least 4 members (excludes halogenated alkanes) is 1. The zero-order chi connectivity index (χ0) is 8.10. The molecular weight excluding hydrogens is 138 g/mol. The molecule has 0 saturated carbocycles. The highest BCUT2D eigenvalue weighted by atomic mass is 16.5. The van der Waals surface area contributed by atoms with Crippen LogP contribution in [0.4, 0.5) is 0 Å². The molecule has 1 fully saturated rings. The largest absolute Gasteiger partial charge is 0.376 e. The van der Waals surface area contributed by atoms with Crippen molar-refractivity contribution in [3.63, 3.8) is 0 Å². The number of likely N-dealkylation sites (tertiary alicyclic amines) is 1. The quantitative estimate of drug-likeness (QED) is 0.561. The van der Waals surface area contributed by atoms with E-state index in [1.807, 2.05) is 0 Å². The zero-order valence-electron chi connectivity index (χ0n) is 7.68. The van der Waals surface area contributed by atoms with E-state index in [2.05, 4.69) is 18.7 Å². The van der Waals surface area contributed by atoms with Gasteiger partial charge in [-0.05, 0) is 13.0 Å². The molecule has 11 heavy (non-hydrogen) atoms. The average Bonchev–Trinajstić information content (AvgIpc) is 1.94. The second kappa shape index (κ2) is 4.73. The molecule has 0 aromatic carbocycles. The summed E-state index contributed by atoms with van der Waals surface area (Å²) in [5.74, 6) is 0. The Hall–Kier alpha value is -0.0800. The predicted molar refractivity (Wildman–Crippen MR) is 46.8 cm³/mol. The van der Waals surface area contributed by atoms with E-state index in [1.54, 1.807) is 0 Å². The molecule has 0 N–H and O–H groups in total. The van der Waals surface area contributed by atoms with E-state index in [-0.39, 0.29) is 0 Å². The summed E-state index contributed by atoms with van der Waals surface area (Å²) in [6, 6.07) is 0. The van der Waals surface area contributed by atoms with Crippen molar-refractivity contribution in [2.45, 2.75) is 32.8 Å². The third-order valence-electron chi connectivity index (χ3n) is 2.22. The zero-order valence-corrected chi connectivity index (χ0v) is 7.68. The smallest absolute Gasteiger partial charge is 0.0828 e. The van der Waals surface area contributed by atoms with Crippen LogP contribution in [0.25, 0.3) is 0 Å². The first kappa shape index (κ1) is 9.01. The first-order valence-corrected chi connectivity index (χ1v) is 4.70. The number of rotatable bonds is 5. The molecule has 0 amide bonds. The number of ether oxygens (including phenoxy) is 1. The van der Waals surface area contributed by atoms with Gasteiger partial charge in [-0.1, -0.05) is 20.3 Å². The Balaban J connectivity index is 1.88. The molecule has 0 aromatic rings. The van der Waals surface area contributed by atoms with Gasteiger partial charge in [-0.15, -0.1) is 0 Å². The molecule has 0 bridgehead atoms. The molecule has 1 aliphatic heterocycles. The maximum absolute atomic E-state index is 5.61. The fourth-order valence-corrected chi connectivity index (χ4v) is 1.28. The summed E-state index contributed by atoms with van der Waals surface area (Å²) in [7, 11) is 0. The van der Waals surface area contributed by atoms with Crippen LogP contribution in [0.3, 0.4) is 0 Å². The third kappa shape index (κ3) is 2.80. The van der Waals surface area contributed by atoms with E-state index >= 15 is 0 Å². The van der Waals surface area contributed by atoms with Gasteiger partial charge in [-0.25, -0.2) is 0 Å². The number of hydrogen-bond acceptors (Lipinski definition) is 2. The maximum Gasteiger partial charge on any atom is 0.0828 e. The van der Waals surface area contributed by atoms with Gasteiger partial charge < -0.3 is 4.74 Å². The van der Waals surface area contributed by atoms with Crippen LogP contribution in [-0.4, -0.2) is 37.2 Å². The van der Waals surface area contributed by atoms with Crippen molar-refractivity contribution in [2.24, 2.45) is 0 Å². The van der Waals surface area contributed by atoms with Crippen molar-refractivity contribution < 1.29 is 4.74 Å². The van der Waals surface area contributed by atoms with E-state index < -0.39 is 0 Å². The van der Waals surface area contributed by atoms with Crippen LogP contribution in [0.2, 0.25) is 0 Å². The van der Waals surface area contributed by atoms with Crippen LogP contribution in [0.5, 0.6) is 0 Å². The fourth-order valence-electron chi connectivity index (χ4n) is 1.28. The molecule has 0 unspecified atom stereocenters. The summed E-state index contributed by atoms with van der Waals surface area (Å²) in [6.07, 6.45) is 2.99. The number of nitrogens with zero attached hydrogens (tertiary/aromatic N) is 1. The molecule has 66 valence electrons. The average molecular weight is 157 g/mol. The van der Waals surface area contributed by atoms with E-state index in [4.69, 9.17) is 4.74 Å². The first-order valence-electron chi connectivity index (χ1n) is 4.70. The number of likely N-dealkylation sites (N-methyl/N-ethyl adjacent to an activating group) is 1. The van der Waals surface area contributed by atoms with Crippen molar-refractivity contribution in [1.29, 1.82) is 0 Å². The molecule has 2 nitrogen and oxygen atoms in total. The van der Waals surface area contributed by atoms with E-state index in [0.717, 1.165) is 19.7 Å². The Kier molecular flexibility index (Phi) is 3.87. The molecule has 0 radical (unpaired) electrons. The summed E-state index contributed by atoms with van der Waals surface area (Å²) in [5.41, 5.74) is 0. The van der Waals surface area contributed by atoms with Gasteiger partial charge in [0.15, 0.2) is 0 Å². The lowest BCUT2D eigenvalue weighted by molar-refractivity contribution is -0.0526. The van der Waals surface area contributed by atoms with Gasteiger partial charge in [0.2, 0.25) is 0 Å². The monoisotopic (exact) mass is 157 g/mol. The SMILES string of the molecule is CCCCOC1CN(CC)C1. The molecule has 1 rings (SSSR count). The Labute approximate surface area is 69.5 Å². The van der Waals surface area contributed by atoms with Crippen molar-refractivity contribution in [2.75, 3.05) is 26.2 Å². The minimum atomic E-state index is 0.543. The molecule has 0 aromatic heterocycles. The molecule has 1 saturated heterocycles. The van der Waals surface area contributed by atoms with Crippen LogP contribution >= 0.6 is 0 Å². The fraction of sp³-hybridized carbons (Fsp3) is 1.00. The first-order chi connectivity index (χ1) is 5.36. The van der Waals surface area contributed by atoms with Crippen LogP contribution < -0.4 is 0 Å². The van der Waals surface area contributed by atoms with Crippen molar-refractivity contribution in [1.82, 2.24) is 4.90 Å². The maximum atomic E-state index is 5.61. The van der Waals surface area contributed by atoms with Crippen molar-refractivity contribution >= 4 is 0 Å². The summed E-state index contributed by atoms with van der Waals surface area (Å²) in [5, 5.41) is 0. The topological polar surface area (TPSA) is 12.5 Å². The lowest BCUT2D eigenvalue weighted by atomic mass is 10.2. The molecule has 2 heteroatoms. The van der Waals surface area contributed by atoms with Gasteiger partial charge in [0.25, 0.3) is 0 Å². The minimum absolute atomic E-state index is 0.543. The van der Waals surface area contributed by atoms with Crippen molar-refractivity contribution in [3.05, 3.63) is 0 Å². The summed E-state index contributed by atoms with van der Waals surface area (Å²) in [6.45, 7) is 8.83. The Morgan fingerprint density at radius 2 is 2.09 bits per heavy atom. The lowest BCUT2D eigenvalue weighted by Crippen LogP contribution is -2.51. The lowest BCUT2D eigenvalue weighted by Gasteiger charge is -2.38. The van der Waals surface area contributed by atoms with Gasteiger partial charge >= 0.3 is 0 Å². The van der Waals surface area contributed by atoms with Crippen LogP contribution in [0.1, 0.15) is 26.7 Å². The molecule has 0 spiro atoms. The molecule has 1 heterocycles. The highest BCUT2D eigenvalue weighted by Crippen LogP contribution is 2.10. The normalized spacial score (nSPS) is 20.2. The summed E-state index contributed by atoms with van der Waals surface area (Å²) in [4.78, 5) is 2.40. The second-order valence-electron chi connectivity index (χ2n) is 3.20. The minimum Gasteiger partial charge on any atom is -0.376 e. The molecule has 0 atom stereocenters. The van der Waals surface area contributed by atoms with E-state index in [0.29, 0.717) is 6.10 Å².